The molecule has 19 heavy (non-hydrogen) atoms. The maximum Gasteiger partial charge on any atom is 0.0837 e. The lowest BCUT2D eigenvalue weighted by Crippen LogP contribution is -2.22. The summed E-state index contributed by atoms with van der Waals surface area (Å²) in [7, 11) is 0. The van der Waals surface area contributed by atoms with Gasteiger partial charge in [-0.3, -0.25) is 4.98 Å². The number of aryl methyl sites for hydroxylation is 1. The second-order valence-corrected chi connectivity index (χ2v) is 5.10. The van der Waals surface area contributed by atoms with Crippen molar-refractivity contribution in [3.63, 3.8) is 0 Å². The predicted octanol–water partition coefficient (Wildman–Crippen LogP) is 2.95. The molecule has 0 aliphatic carbocycles. The molecule has 0 aliphatic rings. The topological polar surface area (TPSA) is 59.1 Å². The van der Waals surface area contributed by atoms with E-state index in [-0.39, 0.29) is 5.92 Å². The van der Waals surface area contributed by atoms with Crippen LogP contribution in [0.15, 0.2) is 30.3 Å². The number of aliphatic hydroxyl groups excluding tert-OH is 1. The first kappa shape index (κ1) is 14.0. The van der Waals surface area contributed by atoms with E-state index in [1.165, 1.54) is 0 Å². The van der Waals surface area contributed by atoms with Gasteiger partial charge in [0.05, 0.1) is 11.6 Å². The Hall–Kier alpha value is -1.45. The summed E-state index contributed by atoms with van der Waals surface area (Å²) in [6, 6.07) is 9.92. The highest BCUT2D eigenvalue weighted by Gasteiger charge is 2.21. The molecule has 0 aliphatic heterocycles. The molecule has 0 amide bonds. The molecule has 1 aromatic heterocycles. The van der Waals surface area contributed by atoms with Gasteiger partial charge in [0, 0.05) is 17.0 Å². The molecule has 0 saturated heterocycles. The van der Waals surface area contributed by atoms with Crippen LogP contribution in [0.2, 0.25) is 0 Å². The van der Waals surface area contributed by atoms with Gasteiger partial charge in [0.25, 0.3) is 0 Å². The lowest BCUT2D eigenvalue weighted by Gasteiger charge is -2.22. The minimum atomic E-state index is -0.517. The molecule has 3 N–H and O–H groups in total. The monoisotopic (exact) mass is 258 g/mol. The summed E-state index contributed by atoms with van der Waals surface area (Å²) in [4.78, 5) is 4.51. The molecular formula is C16H22N2O. The fourth-order valence-corrected chi connectivity index (χ4v) is 2.61. The Labute approximate surface area is 114 Å². The molecule has 2 rings (SSSR count). The third-order valence-electron chi connectivity index (χ3n) is 3.60. The highest BCUT2D eigenvalue weighted by molar-refractivity contribution is 5.82. The van der Waals surface area contributed by atoms with Gasteiger partial charge in [-0.1, -0.05) is 31.5 Å². The first-order valence-corrected chi connectivity index (χ1v) is 6.91. The number of rotatable bonds is 5. The van der Waals surface area contributed by atoms with E-state index in [4.69, 9.17) is 5.73 Å². The van der Waals surface area contributed by atoms with Gasteiger partial charge in [0.1, 0.15) is 0 Å². The van der Waals surface area contributed by atoms with Crippen molar-refractivity contribution in [3.05, 3.63) is 41.6 Å². The van der Waals surface area contributed by atoms with Crippen LogP contribution in [-0.2, 0) is 0 Å². The van der Waals surface area contributed by atoms with E-state index in [1.807, 2.05) is 37.3 Å². The number of aromatic nitrogens is 1. The number of hydrogen-bond acceptors (Lipinski definition) is 3. The maximum absolute atomic E-state index is 10.6. The van der Waals surface area contributed by atoms with E-state index in [0.29, 0.717) is 6.54 Å². The first-order chi connectivity index (χ1) is 9.17. The van der Waals surface area contributed by atoms with Crippen LogP contribution in [0.25, 0.3) is 10.9 Å². The van der Waals surface area contributed by atoms with Gasteiger partial charge >= 0.3 is 0 Å². The van der Waals surface area contributed by atoms with Crippen molar-refractivity contribution in [2.24, 2.45) is 11.7 Å². The highest BCUT2D eigenvalue weighted by Crippen LogP contribution is 2.30. The van der Waals surface area contributed by atoms with E-state index in [1.54, 1.807) is 0 Å². The first-order valence-electron chi connectivity index (χ1n) is 6.91. The van der Waals surface area contributed by atoms with E-state index >= 15 is 0 Å². The molecule has 0 bridgehead atoms. The van der Waals surface area contributed by atoms with Crippen molar-refractivity contribution in [1.29, 1.82) is 0 Å². The molecule has 2 unspecified atom stereocenters. The Morgan fingerprint density at radius 1 is 1.32 bits per heavy atom. The number of fused-ring (bicyclic) bond motifs is 1. The quantitative estimate of drug-likeness (QED) is 0.867. The smallest absolute Gasteiger partial charge is 0.0837 e. The molecular weight excluding hydrogens is 236 g/mol. The van der Waals surface area contributed by atoms with Crippen LogP contribution in [0.3, 0.4) is 0 Å². The van der Waals surface area contributed by atoms with Gasteiger partial charge in [0.2, 0.25) is 0 Å². The molecule has 2 atom stereocenters. The van der Waals surface area contributed by atoms with Crippen molar-refractivity contribution in [2.45, 2.75) is 32.8 Å². The third kappa shape index (κ3) is 2.94. The average molecular weight is 258 g/mol. The zero-order valence-corrected chi connectivity index (χ0v) is 11.6. The highest BCUT2D eigenvalue weighted by atomic mass is 16.3. The van der Waals surface area contributed by atoms with Crippen LogP contribution in [0.5, 0.6) is 0 Å². The van der Waals surface area contributed by atoms with Crippen molar-refractivity contribution < 1.29 is 5.11 Å². The minimum absolute atomic E-state index is 0.107. The molecule has 2 aromatic rings. The largest absolute Gasteiger partial charge is 0.388 e. The van der Waals surface area contributed by atoms with Crippen LogP contribution < -0.4 is 5.73 Å². The fourth-order valence-electron chi connectivity index (χ4n) is 2.61. The Morgan fingerprint density at radius 3 is 2.74 bits per heavy atom. The molecule has 0 radical (unpaired) electrons. The molecule has 102 valence electrons. The van der Waals surface area contributed by atoms with Gasteiger partial charge in [-0.25, -0.2) is 0 Å². The number of nitrogens with two attached hydrogens (primary N) is 1. The van der Waals surface area contributed by atoms with Gasteiger partial charge in [0.15, 0.2) is 0 Å². The SMILES string of the molecule is CCCC(CN)C(O)c1cc(C)nc2ccccc12. The Kier molecular flexibility index (Phi) is 4.51. The van der Waals surface area contributed by atoms with E-state index in [0.717, 1.165) is 35.0 Å². The number of aliphatic hydroxyl groups is 1. The van der Waals surface area contributed by atoms with Crippen LogP contribution in [-0.4, -0.2) is 16.6 Å². The number of para-hydroxylation sites is 1. The van der Waals surface area contributed by atoms with Crippen molar-refractivity contribution in [1.82, 2.24) is 4.98 Å². The summed E-state index contributed by atoms with van der Waals surface area (Å²) in [5.74, 6) is 0.107. The summed E-state index contributed by atoms with van der Waals surface area (Å²) < 4.78 is 0. The number of hydrogen-bond donors (Lipinski definition) is 2. The van der Waals surface area contributed by atoms with Crippen LogP contribution in [0.4, 0.5) is 0 Å². The standard InChI is InChI=1S/C16H22N2O/c1-3-6-12(10-17)16(19)14-9-11(2)18-15-8-5-4-7-13(14)15/h4-5,7-9,12,16,19H,3,6,10,17H2,1-2H3. The van der Waals surface area contributed by atoms with Crippen molar-refractivity contribution in [3.8, 4) is 0 Å². The molecule has 3 nitrogen and oxygen atoms in total. The van der Waals surface area contributed by atoms with Crippen molar-refractivity contribution >= 4 is 10.9 Å². The average Bonchev–Trinajstić information content (AvgIpc) is 2.43. The Balaban J connectivity index is 2.48. The second-order valence-electron chi connectivity index (χ2n) is 5.10. The van der Waals surface area contributed by atoms with Crippen LogP contribution >= 0.6 is 0 Å². The van der Waals surface area contributed by atoms with Crippen LogP contribution in [0, 0.1) is 12.8 Å². The van der Waals surface area contributed by atoms with Gasteiger partial charge < -0.3 is 10.8 Å². The van der Waals surface area contributed by atoms with E-state index < -0.39 is 6.10 Å². The Morgan fingerprint density at radius 2 is 2.05 bits per heavy atom. The third-order valence-corrected chi connectivity index (χ3v) is 3.60. The lowest BCUT2D eigenvalue weighted by atomic mass is 9.90. The van der Waals surface area contributed by atoms with Crippen LogP contribution in [0.1, 0.15) is 37.1 Å². The Bertz CT molecular complexity index is 553. The summed E-state index contributed by atoms with van der Waals surface area (Å²) in [5.41, 5.74) is 8.62. The summed E-state index contributed by atoms with van der Waals surface area (Å²) in [6.07, 6.45) is 1.45. The number of nitrogens with zero attached hydrogens (tertiary/aromatic N) is 1. The zero-order chi connectivity index (χ0) is 13.8. The van der Waals surface area contributed by atoms with E-state index in [2.05, 4.69) is 11.9 Å². The lowest BCUT2D eigenvalue weighted by molar-refractivity contribution is 0.108. The zero-order valence-electron chi connectivity index (χ0n) is 11.6. The molecule has 1 heterocycles. The minimum Gasteiger partial charge on any atom is -0.388 e. The number of pyridine rings is 1. The molecule has 0 fully saturated rings. The molecule has 0 spiro atoms. The summed E-state index contributed by atoms with van der Waals surface area (Å²) >= 11 is 0. The summed E-state index contributed by atoms with van der Waals surface area (Å²) in [5, 5.41) is 11.6. The normalized spacial score (nSPS) is 14.5. The van der Waals surface area contributed by atoms with E-state index in [9.17, 15) is 5.11 Å². The second kappa shape index (κ2) is 6.13. The predicted molar refractivity (Wildman–Crippen MR) is 78.9 cm³/mol. The fraction of sp³-hybridized carbons (Fsp3) is 0.438. The molecule has 0 saturated carbocycles. The maximum atomic E-state index is 10.6. The summed E-state index contributed by atoms with van der Waals surface area (Å²) in [6.45, 7) is 4.58. The van der Waals surface area contributed by atoms with Gasteiger partial charge in [-0.05, 0) is 37.6 Å². The molecule has 3 heteroatoms. The van der Waals surface area contributed by atoms with Gasteiger partial charge in [-0.15, -0.1) is 0 Å². The number of benzene rings is 1. The molecule has 1 aromatic carbocycles. The van der Waals surface area contributed by atoms with Gasteiger partial charge in [-0.2, -0.15) is 0 Å². The van der Waals surface area contributed by atoms with Crippen molar-refractivity contribution in [2.75, 3.05) is 6.54 Å².